The molecule has 1 aromatic rings. The van der Waals surface area contributed by atoms with Crippen molar-refractivity contribution in [3.63, 3.8) is 0 Å². The maximum atomic E-state index is 2.31. The van der Waals surface area contributed by atoms with Gasteiger partial charge in [-0.1, -0.05) is 198 Å². The molecule has 34 heavy (non-hydrogen) atoms. The summed E-state index contributed by atoms with van der Waals surface area (Å²) >= 11 is 0. The lowest BCUT2D eigenvalue weighted by Crippen LogP contribution is -1.86. The van der Waals surface area contributed by atoms with E-state index in [1.807, 2.05) is 0 Å². The summed E-state index contributed by atoms with van der Waals surface area (Å²) in [7, 11) is 0. The summed E-state index contributed by atoms with van der Waals surface area (Å²) in [5.74, 6) is 0. The molecule has 1 rings (SSSR count). The van der Waals surface area contributed by atoms with Crippen LogP contribution in [0.4, 0.5) is 0 Å². The smallest absolute Gasteiger partial charge is 0.0279 e. The summed E-state index contributed by atoms with van der Waals surface area (Å²) in [5, 5.41) is 0. The topological polar surface area (TPSA) is 0 Å². The zero-order valence-corrected chi connectivity index (χ0v) is 23.5. The highest BCUT2D eigenvalue weighted by atomic mass is 14.0. The molecular weight excluding hydrogens is 408 g/mol. The maximum absolute atomic E-state index is 2.31. The van der Waals surface area contributed by atoms with Gasteiger partial charge < -0.3 is 0 Å². The third-order valence-corrected chi connectivity index (χ3v) is 7.66. The molecule has 1 aromatic carbocycles. The van der Waals surface area contributed by atoms with Gasteiger partial charge in [0, 0.05) is 0 Å². The molecule has 198 valence electrons. The third-order valence-electron chi connectivity index (χ3n) is 7.66. The summed E-state index contributed by atoms with van der Waals surface area (Å²) < 4.78 is 0. The minimum absolute atomic E-state index is 1.26. The van der Waals surface area contributed by atoms with Crippen LogP contribution in [0.5, 0.6) is 0 Å². The highest BCUT2D eigenvalue weighted by molar-refractivity contribution is 5.14. The molecule has 0 aliphatic rings. The van der Waals surface area contributed by atoms with Crippen molar-refractivity contribution >= 4 is 0 Å². The lowest BCUT2D eigenvalue weighted by Gasteiger charge is -2.04. The van der Waals surface area contributed by atoms with E-state index in [9.17, 15) is 0 Å². The van der Waals surface area contributed by atoms with E-state index in [1.54, 1.807) is 0 Å². The minimum atomic E-state index is 1.26. The molecule has 0 aliphatic carbocycles. The Balaban J connectivity index is 1.64. The highest BCUT2D eigenvalue weighted by Gasteiger charge is 1.97. The van der Waals surface area contributed by atoms with Crippen molar-refractivity contribution < 1.29 is 0 Å². The maximum Gasteiger partial charge on any atom is -0.0279 e. The van der Waals surface area contributed by atoms with Crippen LogP contribution in [0, 0.1) is 0 Å². The molecule has 0 bridgehead atoms. The van der Waals surface area contributed by atoms with Crippen LogP contribution in [0.25, 0.3) is 0 Å². The van der Waals surface area contributed by atoms with Crippen LogP contribution in [0.3, 0.4) is 0 Å². The van der Waals surface area contributed by atoms with Gasteiger partial charge in [-0.15, -0.1) is 0 Å². The van der Waals surface area contributed by atoms with Crippen molar-refractivity contribution in [2.45, 2.75) is 180 Å². The van der Waals surface area contributed by atoms with Gasteiger partial charge in [-0.2, -0.15) is 0 Å². The Kier molecular flexibility index (Phi) is 24.6. The second kappa shape index (κ2) is 26.8. The molecule has 0 aromatic heterocycles. The number of hydrogen-bond acceptors (Lipinski definition) is 0. The first-order chi connectivity index (χ1) is 16.9. The summed E-state index contributed by atoms with van der Waals surface area (Å²) in [5.41, 5.74) is 1.51. The van der Waals surface area contributed by atoms with Gasteiger partial charge in [0.2, 0.25) is 0 Å². The fourth-order valence-corrected chi connectivity index (χ4v) is 5.29. The number of aryl methyl sites for hydroxylation is 1. The van der Waals surface area contributed by atoms with Gasteiger partial charge in [0.05, 0.1) is 0 Å². The molecular formula is C34H62. The van der Waals surface area contributed by atoms with Gasteiger partial charge in [0.1, 0.15) is 0 Å². The molecule has 0 aliphatic heterocycles. The van der Waals surface area contributed by atoms with Gasteiger partial charge >= 0.3 is 0 Å². The molecule has 0 fully saturated rings. The SMILES string of the molecule is CCCCCCCCCCCCCCCCCCCCCCCCCCCCc1ccccc1. The number of unbranched alkanes of at least 4 members (excludes halogenated alkanes) is 25. The van der Waals surface area contributed by atoms with Crippen molar-refractivity contribution in [1.82, 2.24) is 0 Å². The molecule has 0 radical (unpaired) electrons. The van der Waals surface area contributed by atoms with Crippen molar-refractivity contribution in [3.8, 4) is 0 Å². The molecule has 0 heterocycles. The fourth-order valence-electron chi connectivity index (χ4n) is 5.29. The fraction of sp³-hybridized carbons (Fsp3) is 0.824. The zero-order chi connectivity index (χ0) is 24.2. The lowest BCUT2D eigenvalue weighted by molar-refractivity contribution is 0.515. The molecule has 0 nitrogen and oxygen atoms in total. The standard InChI is InChI=1S/C34H62/c1-2-3-4-5-6-7-8-9-10-11-12-13-14-15-16-17-18-19-20-21-22-23-24-25-26-28-31-34-32-29-27-30-33-34/h27,29-30,32-33H,2-26,28,31H2,1H3. The van der Waals surface area contributed by atoms with Crippen LogP contribution < -0.4 is 0 Å². The third kappa shape index (κ3) is 23.0. The van der Waals surface area contributed by atoms with Crippen LogP contribution in [0.1, 0.15) is 179 Å². The summed E-state index contributed by atoms with van der Waals surface area (Å²) in [6.45, 7) is 2.31. The van der Waals surface area contributed by atoms with Crippen molar-refractivity contribution in [3.05, 3.63) is 35.9 Å². The van der Waals surface area contributed by atoms with E-state index >= 15 is 0 Å². The first-order valence-electron chi connectivity index (χ1n) is 16.0. The monoisotopic (exact) mass is 470 g/mol. The van der Waals surface area contributed by atoms with Crippen LogP contribution >= 0.6 is 0 Å². The normalized spacial score (nSPS) is 11.3. The number of benzene rings is 1. The Labute approximate surface area is 216 Å². The Hall–Kier alpha value is -0.780. The first kappa shape index (κ1) is 31.3. The van der Waals surface area contributed by atoms with Gasteiger partial charge in [-0.25, -0.2) is 0 Å². The first-order valence-corrected chi connectivity index (χ1v) is 16.0. The number of rotatable bonds is 27. The van der Waals surface area contributed by atoms with Crippen molar-refractivity contribution in [1.29, 1.82) is 0 Å². The molecule has 0 heteroatoms. The Bertz CT molecular complexity index is 476. The van der Waals surface area contributed by atoms with Crippen LogP contribution in [-0.4, -0.2) is 0 Å². The van der Waals surface area contributed by atoms with Crippen molar-refractivity contribution in [2.75, 3.05) is 0 Å². The second-order valence-corrected chi connectivity index (χ2v) is 11.1. The Morgan fingerprint density at radius 1 is 0.324 bits per heavy atom. The van der Waals surface area contributed by atoms with E-state index in [0.717, 1.165) is 0 Å². The van der Waals surface area contributed by atoms with E-state index in [0.29, 0.717) is 0 Å². The molecule has 0 atom stereocenters. The predicted octanol–water partition coefficient (Wildman–Crippen LogP) is 12.4. The van der Waals surface area contributed by atoms with E-state index < -0.39 is 0 Å². The summed E-state index contributed by atoms with van der Waals surface area (Å²) in [4.78, 5) is 0. The summed E-state index contributed by atoms with van der Waals surface area (Å²) in [6, 6.07) is 11.0. The molecule has 0 amide bonds. The zero-order valence-electron chi connectivity index (χ0n) is 23.5. The second-order valence-electron chi connectivity index (χ2n) is 11.1. The van der Waals surface area contributed by atoms with Gasteiger partial charge in [-0.3, -0.25) is 0 Å². The Morgan fingerprint density at radius 2 is 0.588 bits per heavy atom. The lowest BCUT2D eigenvalue weighted by atomic mass is 10.0. The van der Waals surface area contributed by atoms with Crippen LogP contribution in [0.15, 0.2) is 30.3 Å². The van der Waals surface area contributed by atoms with Gasteiger partial charge in [0.15, 0.2) is 0 Å². The van der Waals surface area contributed by atoms with Crippen LogP contribution in [0.2, 0.25) is 0 Å². The van der Waals surface area contributed by atoms with Crippen LogP contribution in [-0.2, 0) is 6.42 Å². The average Bonchev–Trinajstić information content (AvgIpc) is 2.87. The molecule has 0 unspecified atom stereocenters. The average molecular weight is 471 g/mol. The summed E-state index contributed by atoms with van der Waals surface area (Å²) in [6.07, 6.45) is 39.4. The van der Waals surface area contributed by atoms with E-state index in [4.69, 9.17) is 0 Å². The molecule has 0 spiro atoms. The van der Waals surface area contributed by atoms with E-state index in [2.05, 4.69) is 37.3 Å². The van der Waals surface area contributed by atoms with E-state index in [-0.39, 0.29) is 0 Å². The van der Waals surface area contributed by atoms with Gasteiger partial charge in [0.25, 0.3) is 0 Å². The molecule has 0 saturated carbocycles. The molecule has 0 N–H and O–H groups in total. The number of hydrogen-bond donors (Lipinski definition) is 0. The molecule has 0 saturated heterocycles. The Morgan fingerprint density at radius 3 is 0.882 bits per heavy atom. The van der Waals surface area contributed by atoms with Crippen molar-refractivity contribution in [2.24, 2.45) is 0 Å². The van der Waals surface area contributed by atoms with Gasteiger partial charge in [-0.05, 0) is 18.4 Å². The minimum Gasteiger partial charge on any atom is -0.0654 e. The predicted molar refractivity (Wildman–Crippen MR) is 156 cm³/mol. The highest BCUT2D eigenvalue weighted by Crippen LogP contribution is 2.16. The quantitative estimate of drug-likeness (QED) is 0.112. The largest absolute Gasteiger partial charge is 0.0654 e. The van der Waals surface area contributed by atoms with E-state index in [1.165, 1.54) is 179 Å².